The normalized spacial score (nSPS) is 9.90. The van der Waals surface area contributed by atoms with Gasteiger partial charge in [-0.15, -0.1) is 0 Å². The lowest BCUT2D eigenvalue weighted by atomic mass is 10.2. The van der Waals surface area contributed by atoms with E-state index in [2.05, 4.69) is 36.3 Å². The summed E-state index contributed by atoms with van der Waals surface area (Å²) in [6, 6.07) is 8.37. The molecule has 20 heavy (non-hydrogen) atoms. The van der Waals surface area contributed by atoms with Gasteiger partial charge in [0.2, 0.25) is 0 Å². The largest absolute Gasteiger partial charge is 0.453 e. The van der Waals surface area contributed by atoms with E-state index in [9.17, 15) is 9.59 Å². The van der Waals surface area contributed by atoms with Crippen molar-refractivity contribution < 1.29 is 14.3 Å². The lowest BCUT2D eigenvalue weighted by molar-refractivity contribution is 0.102. The zero-order valence-corrected chi connectivity index (χ0v) is 12.2. The number of aromatic nitrogens is 1. The van der Waals surface area contributed by atoms with E-state index in [0.29, 0.717) is 17.1 Å². The van der Waals surface area contributed by atoms with Crippen LogP contribution >= 0.6 is 15.9 Å². The van der Waals surface area contributed by atoms with Gasteiger partial charge in [0.25, 0.3) is 5.91 Å². The molecule has 0 bridgehead atoms. The highest BCUT2D eigenvalue weighted by molar-refractivity contribution is 9.10. The van der Waals surface area contributed by atoms with Crippen LogP contribution in [0.2, 0.25) is 0 Å². The SMILES string of the molecule is COC(=O)Nc1ccc(NC(=O)c2cc(Br)c[nH]2)cc1. The summed E-state index contributed by atoms with van der Waals surface area (Å²) in [7, 11) is 1.29. The minimum atomic E-state index is -0.543. The van der Waals surface area contributed by atoms with Crippen molar-refractivity contribution in [3.63, 3.8) is 0 Å². The number of carbonyl (C=O) groups excluding carboxylic acids is 2. The number of benzene rings is 1. The van der Waals surface area contributed by atoms with Crippen molar-refractivity contribution in [3.05, 3.63) is 46.7 Å². The van der Waals surface area contributed by atoms with Crippen molar-refractivity contribution in [2.45, 2.75) is 0 Å². The monoisotopic (exact) mass is 337 g/mol. The number of nitrogens with one attached hydrogen (secondary N) is 3. The molecule has 0 spiro atoms. The van der Waals surface area contributed by atoms with Gasteiger partial charge in [0.15, 0.2) is 0 Å². The molecule has 0 saturated heterocycles. The molecule has 0 unspecified atom stereocenters. The summed E-state index contributed by atoms with van der Waals surface area (Å²) in [6.45, 7) is 0. The first-order valence-corrected chi connectivity index (χ1v) is 6.48. The molecule has 6 nitrogen and oxygen atoms in total. The van der Waals surface area contributed by atoms with Crippen molar-refractivity contribution in [3.8, 4) is 0 Å². The van der Waals surface area contributed by atoms with E-state index in [0.717, 1.165) is 4.47 Å². The third-order valence-electron chi connectivity index (χ3n) is 2.47. The molecule has 0 aliphatic heterocycles. The number of methoxy groups -OCH3 is 1. The predicted octanol–water partition coefficient (Wildman–Crippen LogP) is 3.21. The standard InChI is InChI=1S/C13H12BrN3O3/c1-20-13(19)17-10-4-2-9(3-5-10)16-12(18)11-6-8(14)7-15-11/h2-7,15H,1H3,(H,16,18)(H,17,19). The van der Waals surface area contributed by atoms with E-state index >= 15 is 0 Å². The Kier molecular flexibility index (Phi) is 4.41. The van der Waals surface area contributed by atoms with Gasteiger partial charge in [-0.2, -0.15) is 0 Å². The molecular weight excluding hydrogens is 326 g/mol. The fourth-order valence-electron chi connectivity index (χ4n) is 1.50. The highest BCUT2D eigenvalue weighted by Crippen LogP contribution is 2.16. The highest BCUT2D eigenvalue weighted by Gasteiger charge is 2.08. The molecular formula is C13H12BrN3O3. The van der Waals surface area contributed by atoms with Crippen LogP contribution in [0.5, 0.6) is 0 Å². The minimum Gasteiger partial charge on any atom is -0.453 e. The average molecular weight is 338 g/mol. The number of amides is 2. The van der Waals surface area contributed by atoms with Crippen LogP contribution in [0.4, 0.5) is 16.2 Å². The van der Waals surface area contributed by atoms with Crippen LogP contribution in [-0.2, 0) is 4.74 Å². The molecule has 1 heterocycles. The van der Waals surface area contributed by atoms with Gasteiger partial charge in [-0.05, 0) is 46.3 Å². The summed E-state index contributed by atoms with van der Waals surface area (Å²) in [6.07, 6.45) is 1.14. The van der Waals surface area contributed by atoms with Crippen LogP contribution < -0.4 is 10.6 Å². The molecule has 7 heteroatoms. The van der Waals surface area contributed by atoms with Crippen LogP contribution in [0.3, 0.4) is 0 Å². The highest BCUT2D eigenvalue weighted by atomic mass is 79.9. The van der Waals surface area contributed by atoms with Crippen molar-refractivity contribution in [1.82, 2.24) is 4.98 Å². The van der Waals surface area contributed by atoms with Gasteiger partial charge in [0.05, 0.1) is 7.11 Å². The number of H-pyrrole nitrogens is 1. The lowest BCUT2D eigenvalue weighted by Gasteiger charge is -2.06. The van der Waals surface area contributed by atoms with Crippen molar-refractivity contribution >= 4 is 39.3 Å². The Morgan fingerprint density at radius 2 is 1.75 bits per heavy atom. The Bertz CT molecular complexity index is 622. The summed E-state index contributed by atoms with van der Waals surface area (Å²) in [5, 5.41) is 5.25. The number of hydrogen-bond donors (Lipinski definition) is 3. The van der Waals surface area contributed by atoms with Crippen LogP contribution in [0.1, 0.15) is 10.5 Å². The number of halogens is 1. The van der Waals surface area contributed by atoms with E-state index in [1.807, 2.05) is 0 Å². The zero-order chi connectivity index (χ0) is 14.5. The second kappa shape index (κ2) is 6.25. The quantitative estimate of drug-likeness (QED) is 0.804. The molecule has 0 atom stereocenters. The Labute approximate surface area is 123 Å². The van der Waals surface area contributed by atoms with Crippen LogP contribution in [0, 0.1) is 0 Å². The zero-order valence-electron chi connectivity index (χ0n) is 10.6. The first-order chi connectivity index (χ1) is 9.58. The maximum Gasteiger partial charge on any atom is 0.411 e. The number of hydrogen-bond acceptors (Lipinski definition) is 3. The van der Waals surface area contributed by atoms with E-state index in [4.69, 9.17) is 0 Å². The minimum absolute atomic E-state index is 0.246. The smallest absolute Gasteiger partial charge is 0.411 e. The molecule has 1 aromatic carbocycles. The van der Waals surface area contributed by atoms with Crippen LogP contribution in [0.25, 0.3) is 0 Å². The number of rotatable bonds is 3. The first-order valence-electron chi connectivity index (χ1n) is 5.69. The third-order valence-corrected chi connectivity index (χ3v) is 2.92. The Morgan fingerprint density at radius 3 is 2.25 bits per heavy atom. The van der Waals surface area contributed by atoms with Gasteiger partial charge >= 0.3 is 6.09 Å². The van der Waals surface area contributed by atoms with E-state index in [1.54, 1.807) is 36.5 Å². The summed E-state index contributed by atoms with van der Waals surface area (Å²) in [5.41, 5.74) is 1.65. The first kappa shape index (κ1) is 14.1. The van der Waals surface area contributed by atoms with Gasteiger partial charge in [-0.1, -0.05) is 0 Å². The topological polar surface area (TPSA) is 83.2 Å². The van der Waals surface area contributed by atoms with Gasteiger partial charge in [-0.25, -0.2) is 4.79 Å². The summed E-state index contributed by atoms with van der Waals surface area (Å²) < 4.78 is 5.29. The Morgan fingerprint density at radius 1 is 1.15 bits per heavy atom. The maximum atomic E-state index is 11.9. The van der Waals surface area contributed by atoms with Gasteiger partial charge < -0.3 is 15.0 Å². The molecule has 0 radical (unpaired) electrons. The summed E-state index contributed by atoms with van der Waals surface area (Å²) in [5.74, 6) is -0.246. The molecule has 2 rings (SSSR count). The van der Waals surface area contributed by atoms with Crippen LogP contribution in [0.15, 0.2) is 41.0 Å². The third kappa shape index (κ3) is 3.61. The van der Waals surface area contributed by atoms with Gasteiger partial charge in [-0.3, -0.25) is 10.1 Å². The number of aromatic amines is 1. The Balaban J connectivity index is 2.00. The molecule has 1 aromatic heterocycles. The fourth-order valence-corrected chi connectivity index (χ4v) is 1.85. The lowest BCUT2D eigenvalue weighted by Crippen LogP contribution is -2.13. The van der Waals surface area contributed by atoms with Crippen molar-refractivity contribution in [2.75, 3.05) is 17.7 Å². The van der Waals surface area contributed by atoms with Gasteiger partial charge in [0, 0.05) is 22.0 Å². The van der Waals surface area contributed by atoms with E-state index < -0.39 is 6.09 Å². The molecule has 0 fully saturated rings. The average Bonchev–Trinajstić information content (AvgIpc) is 2.87. The summed E-state index contributed by atoms with van der Waals surface area (Å²) in [4.78, 5) is 25.7. The summed E-state index contributed by atoms with van der Waals surface area (Å²) >= 11 is 3.26. The Hall–Kier alpha value is -2.28. The molecule has 2 aromatic rings. The molecule has 104 valence electrons. The fraction of sp³-hybridized carbons (Fsp3) is 0.0769. The molecule has 3 N–H and O–H groups in total. The van der Waals surface area contributed by atoms with E-state index in [1.165, 1.54) is 7.11 Å². The van der Waals surface area contributed by atoms with Crippen molar-refractivity contribution in [2.24, 2.45) is 0 Å². The number of anilines is 2. The van der Waals surface area contributed by atoms with Crippen molar-refractivity contribution in [1.29, 1.82) is 0 Å². The molecule has 0 aliphatic rings. The number of ether oxygens (including phenoxy) is 1. The molecule has 0 aliphatic carbocycles. The predicted molar refractivity (Wildman–Crippen MR) is 78.9 cm³/mol. The second-order valence-electron chi connectivity index (χ2n) is 3.88. The van der Waals surface area contributed by atoms with Gasteiger partial charge in [0.1, 0.15) is 5.69 Å². The number of carbonyl (C=O) groups is 2. The van der Waals surface area contributed by atoms with E-state index in [-0.39, 0.29) is 5.91 Å². The molecule has 0 saturated carbocycles. The molecule has 2 amide bonds. The second-order valence-corrected chi connectivity index (χ2v) is 4.80. The van der Waals surface area contributed by atoms with Crippen LogP contribution in [-0.4, -0.2) is 24.1 Å². The maximum absolute atomic E-state index is 11.9.